The van der Waals surface area contributed by atoms with Crippen LogP contribution < -0.4 is 30.5 Å². The van der Waals surface area contributed by atoms with Gasteiger partial charge in [0.25, 0.3) is 11.8 Å². The van der Waals surface area contributed by atoms with Crippen molar-refractivity contribution in [1.29, 1.82) is 0 Å². The first kappa shape index (κ1) is 43.0. The Bertz CT molecular complexity index is 2110. The molecule has 2 fully saturated rings. The number of likely N-dealkylation sites (N-methyl/N-ethyl adjacent to an activating group) is 1. The maximum absolute atomic E-state index is 13.3. The van der Waals surface area contributed by atoms with Gasteiger partial charge in [-0.2, -0.15) is 0 Å². The second-order valence-electron chi connectivity index (χ2n) is 15.6. The van der Waals surface area contributed by atoms with Crippen molar-refractivity contribution < 1.29 is 33.5 Å². The maximum Gasteiger partial charge on any atom is 0.255 e. The molecule has 1 saturated carbocycles. The molecule has 0 spiro atoms. The molecule has 3 aliphatic heterocycles. The van der Waals surface area contributed by atoms with Gasteiger partial charge < -0.3 is 30.1 Å². The molecule has 314 valence electrons. The van der Waals surface area contributed by atoms with Crippen LogP contribution in [0.4, 0.5) is 17.2 Å². The topological polar surface area (TPSA) is 183 Å². The van der Waals surface area contributed by atoms with E-state index in [9.17, 15) is 28.8 Å². The van der Waals surface area contributed by atoms with E-state index >= 15 is 0 Å². The first-order valence-electron chi connectivity index (χ1n) is 20.5. The van der Waals surface area contributed by atoms with Crippen LogP contribution in [0.5, 0.6) is 5.75 Å². The van der Waals surface area contributed by atoms with Crippen LogP contribution >= 0.6 is 12.4 Å². The van der Waals surface area contributed by atoms with Gasteiger partial charge in [0.05, 0.1) is 13.3 Å². The average molecular weight is 829 g/mol. The Hall–Kier alpha value is -5.57. The molecule has 2 atom stereocenters. The number of hydrogen-bond donors (Lipinski definition) is 3. The summed E-state index contributed by atoms with van der Waals surface area (Å²) in [6, 6.07) is 9.84. The summed E-state index contributed by atoms with van der Waals surface area (Å²) in [5, 5.41) is 8.23. The Morgan fingerprint density at radius 3 is 2.53 bits per heavy atom. The number of unbranched alkanes of at least 4 members (excludes halogenated alkanes) is 3. The predicted molar refractivity (Wildman–Crippen MR) is 224 cm³/mol. The van der Waals surface area contributed by atoms with Gasteiger partial charge in [-0.3, -0.25) is 34.1 Å². The summed E-state index contributed by atoms with van der Waals surface area (Å²) in [5.41, 5.74) is 3.72. The zero-order valence-electron chi connectivity index (χ0n) is 33.9. The van der Waals surface area contributed by atoms with Gasteiger partial charge in [0, 0.05) is 73.4 Å². The second kappa shape index (κ2) is 19.0. The van der Waals surface area contributed by atoms with E-state index in [4.69, 9.17) is 9.72 Å². The molecule has 59 heavy (non-hydrogen) atoms. The second-order valence-corrected chi connectivity index (χ2v) is 15.6. The van der Waals surface area contributed by atoms with E-state index in [1.54, 1.807) is 55.6 Å². The summed E-state index contributed by atoms with van der Waals surface area (Å²) >= 11 is 0. The quantitative estimate of drug-likeness (QED) is 0.138. The third-order valence-electron chi connectivity index (χ3n) is 11.8. The van der Waals surface area contributed by atoms with Crippen LogP contribution in [-0.2, 0) is 32.1 Å². The molecular weight excluding hydrogens is 776 g/mol. The molecule has 0 bridgehead atoms. The lowest BCUT2D eigenvalue weighted by atomic mass is 10.0. The molecule has 6 amide bonds. The molecule has 0 radical (unpaired) electrons. The van der Waals surface area contributed by atoms with Crippen molar-refractivity contribution in [3.63, 3.8) is 0 Å². The lowest BCUT2D eigenvalue weighted by molar-refractivity contribution is -0.137. The Morgan fingerprint density at radius 2 is 1.78 bits per heavy atom. The number of carbonyl (C=O) groups is 6. The van der Waals surface area contributed by atoms with Gasteiger partial charge in [-0.1, -0.05) is 44.7 Å². The summed E-state index contributed by atoms with van der Waals surface area (Å²) in [6.07, 6.45) is 11.0. The highest BCUT2D eigenvalue weighted by Gasteiger charge is 2.42. The average Bonchev–Trinajstić information content (AvgIpc) is 3.87. The maximum atomic E-state index is 13.3. The molecular formula is C43H53ClN8O7. The monoisotopic (exact) mass is 828 g/mol. The summed E-state index contributed by atoms with van der Waals surface area (Å²) in [5.74, 6) is 0.593. The van der Waals surface area contributed by atoms with Gasteiger partial charge in [-0.15, -0.1) is 12.4 Å². The molecule has 1 saturated heterocycles. The number of imide groups is 1. The van der Waals surface area contributed by atoms with Crippen molar-refractivity contribution in [3.05, 3.63) is 70.7 Å². The largest absolute Gasteiger partial charge is 0.496 e. The molecule has 3 N–H and O–H groups in total. The summed E-state index contributed by atoms with van der Waals surface area (Å²) in [4.78, 5) is 91.3. The molecule has 4 heterocycles. The number of methoxy groups -OCH3 is 1. The van der Waals surface area contributed by atoms with Crippen LogP contribution in [0.2, 0.25) is 0 Å². The van der Waals surface area contributed by atoms with Crippen LogP contribution in [0.25, 0.3) is 0 Å². The number of fused-ring (bicyclic) bond motifs is 2. The lowest BCUT2D eigenvalue weighted by Gasteiger charge is -2.43. The van der Waals surface area contributed by atoms with E-state index in [0.29, 0.717) is 66.2 Å². The Kier molecular flexibility index (Phi) is 13.9. The van der Waals surface area contributed by atoms with Crippen LogP contribution in [0.15, 0.2) is 42.6 Å². The summed E-state index contributed by atoms with van der Waals surface area (Å²) in [6.45, 7) is 2.72. The first-order valence-corrected chi connectivity index (χ1v) is 20.5. The van der Waals surface area contributed by atoms with E-state index in [-0.39, 0.29) is 73.4 Å². The third kappa shape index (κ3) is 9.19. The highest BCUT2D eigenvalue weighted by atomic mass is 35.5. The number of anilines is 3. The molecule has 1 unspecified atom stereocenters. The zero-order chi connectivity index (χ0) is 40.9. The number of aromatic nitrogens is 2. The van der Waals surface area contributed by atoms with Gasteiger partial charge in [0.1, 0.15) is 29.3 Å². The Labute approximate surface area is 350 Å². The van der Waals surface area contributed by atoms with E-state index in [2.05, 4.69) is 25.8 Å². The first-order chi connectivity index (χ1) is 28.1. The van der Waals surface area contributed by atoms with Crippen LogP contribution in [0, 0.1) is 0 Å². The lowest BCUT2D eigenvalue weighted by Crippen LogP contribution is -2.55. The minimum absolute atomic E-state index is 0. The smallest absolute Gasteiger partial charge is 0.255 e. The number of carbonyl (C=O) groups excluding carboxylic acids is 6. The summed E-state index contributed by atoms with van der Waals surface area (Å²) < 4.78 is 5.71. The number of nitrogens with one attached hydrogen (secondary N) is 3. The third-order valence-corrected chi connectivity index (χ3v) is 11.8. The standard InChI is InChI=1S/C43H52N8O7.ClH/c1-4-32-43(57)49(2)34-24-45-36(47-39(34)51(32)28-12-8-9-13-28)23-26-17-18-27(22-35(26)58-3)40(54)44-21-10-6-5-7-16-37(52)46-31-15-11-14-29-30(31)25-50(42(29)56)33-19-20-38(53)48-41(33)55;/h11,14-15,17-18,22,24,28,32-33H,4-10,12-13,16,19-21,23,25H2,1-3H3,(H,44,54)(H,46,52)(H,48,53,55);1H/t32-,33?;/m1./s1. The van der Waals surface area contributed by atoms with Gasteiger partial charge in [0.15, 0.2) is 5.82 Å². The van der Waals surface area contributed by atoms with Crippen molar-refractivity contribution in [1.82, 2.24) is 25.5 Å². The molecule has 2 aromatic carbocycles. The number of hydrogen-bond acceptors (Lipinski definition) is 10. The fourth-order valence-electron chi connectivity index (χ4n) is 8.69. The molecule has 1 aromatic heterocycles. The molecule has 3 aromatic rings. The van der Waals surface area contributed by atoms with Gasteiger partial charge in [0.2, 0.25) is 23.6 Å². The summed E-state index contributed by atoms with van der Waals surface area (Å²) in [7, 11) is 3.37. The fraction of sp³-hybridized carbons (Fsp3) is 0.488. The molecule has 7 rings (SSSR count). The number of nitrogens with zero attached hydrogens (tertiary/aromatic N) is 5. The van der Waals surface area contributed by atoms with Gasteiger partial charge in [-0.25, -0.2) is 9.97 Å². The van der Waals surface area contributed by atoms with E-state index in [1.807, 2.05) is 13.0 Å². The van der Waals surface area contributed by atoms with Crippen LogP contribution in [0.1, 0.15) is 122 Å². The number of halogens is 1. The Morgan fingerprint density at radius 1 is 1.00 bits per heavy atom. The van der Waals surface area contributed by atoms with E-state index in [1.165, 1.54) is 4.90 Å². The number of piperidine rings is 1. The van der Waals surface area contributed by atoms with Crippen molar-refractivity contribution >= 4 is 65.0 Å². The van der Waals surface area contributed by atoms with Crippen molar-refractivity contribution in [2.45, 2.75) is 115 Å². The minimum Gasteiger partial charge on any atom is -0.496 e. The van der Waals surface area contributed by atoms with Crippen LogP contribution in [-0.4, -0.2) is 89.1 Å². The van der Waals surface area contributed by atoms with Crippen molar-refractivity contribution in [3.8, 4) is 5.75 Å². The van der Waals surface area contributed by atoms with Crippen LogP contribution in [0.3, 0.4) is 0 Å². The SMILES string of the molecule is CC[C@@H]1C(=O)N(C)c2cnc(Cc3ccc(C(=O)NCCCCCCC(=O)Nc4cccc5c4CN(C4CCC(=O)NC4=O)C5=O)cc3OC)nc2N1C1CCCC1.Cl. The normalized spacial score (nSPS) is 18.9. The van der Waals surface area contributed by atoms with E-state index in [0.717, 1.165) is 62.0 Å². The fourth-order valence-corrected chi connectivity index (χ4v) is 8.69. The van der Waals surface area contributed by atoms with Gasteiger partial charge >= 0.3 is 0 Å². The van der Waals surface area contributed by atoms with Crippen molar-refractivity contribution in [2.24, 2.45) is 0 Å². The number of amides is 6. The van der Waals surface area contributed by atoms with Gasteiger partial charge in [-0.05, 0) is 62.8 Å². The predicted octanol–water partition coefficient (Wildman–Crippen LogP) is 5.08. The molecule has 16 heteroatoms. The Balaban J connectivity index is 0.00000585. The molecule has 4 aliphatic rings. The zero-order valence-corrected chi connectivity index (χ0v) is 34.7. The van der Waals surface area contributed by atoms with E-state index < -0.39 is 11.9 Å². The highest BCUT2D eigenvalue weighted by molar-refractivity contribution is 6.07. The molecule has 1 aliphatic carbocycles. The minimum atomic E-state index is -0.721. The number of rotatable bonds is 15. The number of ether oxygens (including phenoxy) is 1. The number of benzene rings is 2. The highest BCUT2D eigenvalue weighted by Crippen LogP contribution is 2.40. The van der Waals surface area contributed by atoms with Crippen molar-refractivity contribution in [2.75, 3.05) is 35.8 Å². The molecule has 15 nitrogen and oxygen atoms in total.